The van der Waals surface area contributed by atoms with E-state index in [1.165, 1.54) is 29.7 Å². The van der Waals surface area contributed by atoms with Crippen LogP contribution in [0.2, 0.25) is 0 Å². The molecule has 1 unspecified atom stereocenters. The molecular weight excluding hydrogens is 226 g/mol. The Morgan fingerprint density at radius 2 is 2.40 bits per heavy atom. The Morgan fingerprint density at radius 1 is 1.47 bits per heavy atom. The van der Waals surface area contributed by atoms with Crippen LogP contribution < -0.4 is 0 Å². The molecule has 1 atom stereocenters. The van der Waals surface area contributed by atoms with Crippen molar-refractivity contribution in [1.82, 2.24) is 15.2 Å². The van der Waals surface area contributed by atoms with Gasteiger partial charge in [0.05, 0.1) is 0 Å². The van der Waals surface area contributed by atoms with Gasteiger partial charge in [0, 0.05) is 10.8 Å². The van der Waals surface area contributed by atoms with Gasteiger partial charge in [0.15, 0.2) is 0 Å². The van der Waals surface area contributed by atoms with Gasteiger partial charge in [-0.25, -0.2) is 4.98 Å². The molecule has 2 aromatic rings. The molecule has 0 fully saturated rings. The molecule has 3 nitrogen and oxygen atoms in total. The maximum absolute atomic E-state index is 4.98. The van der Waals surface area contributed by atoms with E-state index in [1.54, 1.807) is 0 Å². The zero-order valence-corrected chi connectivity index (χ0v) is 9.75. The third-order valence-electron chi connectivity index (χ3n) is 2.90. The minimum Gasteiger partial charge on any atom is -0.285 e. The minimum absolute atomic E-state index is 0.410. The maximum Gasteiger partial charge on any atom is 0.213 e. The molecule has 0 saturated carbocycles. The van der Waals surface area contributed by atoms with Crippen molar-refractivity contribution < 1.29 is 0 Å². The SMILES string of the molecule is S=c1nc(C2CCCc3sccc32)[nH][nH]1. The molecule has 0 aromatic carbocycles. The Bertz CT molecular complexity index is 523. The van der Waals surface area contributed by atoms with E-state index in [9.17, 15) is 0 Å². The van der Waals surface area contributed by atoms with Crippen LogP contribution in [0.3, 0.4) is 0 Å². The predicted octanol–water partition coefficient (Wildman–Crippen LogP) is 3.00. The van der Waals surface area contributed by atoms with E-state index >= 15 is 0 Å². The number of hydrogen-bond acceptors (Lipinski definition) is 3. The summed E-state index contributed by atoms with van der Waals surface area (Å²) in [4.78, 5) is 5.83. The van der Waals surface area contributed by atoms with Gasteiger partial charge in [-0.05, 0) is 48.5 Å². The Morgan fingerprint density at radius 3 is 3.20 bits per heavy atom. The standard InChI is InChI=1S/C10H11N3S2/c14-10-11-9(12-13-10)7-2-1-3-8-6(7)4-5-15-8/h4-5,7H,1-3H2,(H2,11,12,13,14). The van der Waals surface area contributed by atoms with Gasteiger partial charge in [0.2, 0.25) is 4.77 Å². The molecule has 0 bridgehead atoms. The Hall–Kier alpha value is -0.940. The van der Waals surface area contributed by atoms with Crippen LogP contribution >= 0.6 is 23.6 Å². The summed E-state index contributed by atoms with van der Waals surface area (Å²) in [6.45, 7) is 0. The van der Waals surface area contributed by atoms with Gasteiger partial charge in [-0.3, -0.25) is 10.2 Å². The third kappa shape index (κ3) is 1.55. The molecule has 3 rings (SSSR count). The van der Waals surface area contributed by atoms with Gasteiger partial charge in [0.1, 0.15) is 5.82 Å². The summed E-state index contributed by atoms with van der Waals surface area (Å²) < 4.78 is 0.548. The monoisotopic (exact) mass is 237 g/mol. The number of H-pyrrole nitrogens is 2. The van der Waals surface area contributed by atoms with Gasteiger partial charge in [-0.2, -0.15) is 0 Å². The highest BCUT2D eigenvalue weighted by atomic mass is 32.1. The first kappa shape index (κ1) is 9.30. The van der Waals surface area contributed by atoms with E-state index in [0.717, 1.165) is 5.82 Å². The van der Waals surface area contributed by atoms with Crippen molar-refractivity contribution in [1.29, 1.82) is 0 Å². The number of rotatable bonds is 1. The number of aromatic nitrogens is 3. The Labute approximate surface area is 96.6 Å². The molecule has 15 heavy (non-hydrogen) atoms. The lowest BCUT2D eigenvalue weighted by Crippen LogP contribution is -2.09. The Kier molecular flexibility index (Phi) is 2.21. The second kappa shape index (κ2) is 3.57. The summed E-state index contributed by atoms with van der Waals surface area (Å²) in [6.07, 6.45) is 3.63. The number of thiophene rings is 1. The van der Waals surface area contributed by atoms with E-state index in [2.05, 4.69) is 26.6 Å². The van der Waals surface area contributed by atoms with Gasteiger partial charge in [0.25, 0.3) is 0 Å². The molecule has 1 aliphatic rings. The van der Waals surface area contributed by atoms with Crippen molar-refractivity contribution in [3.63, 3.8) is 0 Å². The van der Waals surface area contributed by atoms with Crippen molar-refractivity contribution in [3.8, 4) is 0 Å². The molecule has 0 aliphatic heterocycles. The number of nitrogens with one attached hydrogen (secondary N) is 2. The van der Waals surface area contributed by atoms with E-state index in [0.29, 0.717) is 10.7 Å². The van der Waals surface area contributed by atoms with Crippen molar-refractivity contribution >= 4 is 23.6 Å². The van der Waals surface area contributed by atoms with Crippen molar-refractivity contribution in [3.05, 3.63) is 32.5 Å². The number of fused-ring (bicyclic) bond motifs is 1. The number of hydrogen-bond donors (Lipinski definition) is 2. The zero-order chi connectivity index (χ0) is 10.3. The van der Waals surface area contributed by atoms with E-state index < -0.39 is 0 Å². The fraction of sp³-hybridized carbons (Fsp3) is 0.400. The molecule has 78 valence electrons. The Balaban J connectivity index is 2.06. The second-order valence-electron chi connectivity index (χ2n) is 3.80. The van der Waals surface area contributed by atoms with Crippen molar-refractivity contribution in [2.24, 2.45) is 0 Å². The second-order valence-corrected chi connectivity index (χ2v) is 5.18. The normalized spacial score (nSPS) is 20.1. The van der Waals surface area contributed by atoms with Crippen LogP contribution in [0.5, 0.6) is 0 Å². The fourth-order valence-electron chi connectivity index (χ4n) is 2.22. The summed E-state index contributed by atoms with van der Waals surface area (Å²) >= 11 is 6.84. The van der Waals surface area contributed by atoms with Crippen molar-refractivity contribution in [2.75, 3.05) is 0 Å². The lowest BCUT2D eigenvalue weighted by molar-refractivity contribution is 0.600. The lowest BCUT2D eigenvalue weighted by atomic mass is 9.87. The van der Waals surface area contributed by atoms with E-state index in [1.807, 2.05) is 11.3 Å². The van der Waals surface area contributed by atoms with Gasteiger partial charge in [-0.15, -0.1) is 11.3 Å². The molecule has 5 heteroatoms. The first-order chi connectivity index (χ1) is 7.34. The molecule has 2 aromatic heterocycles. The number of nitrogens with zero attached hydrogens (tertiary/aromatic N) is 1. The molecule has 2 heterocycles. The van der Waals surface area contributed by atoms with Crippen LogP contribution in [0.25, 0.3) is 0 Å². The molecule has 0 saturated heterocycles. The maximum atomic E-state index is 4.98. The van der Waals surface area contributed by atoms with Gasteiger partial charge >= 0.3 is 0 Å². The van der Waals surface area contributed by atoms with Crippen molar-refractivity contribution in [2.45, 2.75) is 25.2 Å². The zero-order valence-electron chi connectivity index (χ0n) is 8.12. The first-order valence-electron chi connectivity index (χ1n) is 5.05. The first-order valence-corrected chi connectivity index (χ1v) is 6.34. The highest BCUT2D eigenvalue weighted by Gasteiger charge is 2.24. The van der Waals surface area contributed by atoms with E-state index in [4.69, 9.17) is 12.2 Å². The number of aromatic amines is 2. The van der Waals surface area contributed by atoms with Crippen LogP contribution in [0.1, 0.15) is 35.0 Å². The molecule has 0 spiro atoms. The quantitative estimate of drug-likeness (QED) is 0.749. The topological polar surface area (TPSA) is 44.5 Å². The third-order valence-corrected chi connectivity index (χ3v) is 4.09. The van der Waals surface area contributed by atoms with Crippen LogP contribution in [-0.2, 0) is 6.42 Å². The van der Waals surface area contributed by atoms with Crippen LogP contribution in [0, 0.1) is 4.77 Å². The average Bonchev–Trinajstić information content (AvgIpc) is 2.84. The average molecular weight is 237 g/mol. The molecule has 2 N–H and O–H groups in total. The highest BCUT2D eigenvalue weighted by molar-refractivity contribution is 7.71. The van der Waals surface area contributed by atoms with Crippen LogP contribution in [0.15, 0.2) is 11.4 Å². The summed E-state index contributed by atoms with van der Waals surface area (Å²) in [5, 5.41) is 8.11. The highest BCUT2D eigenvalue weighted by Crippen LogP contribution is 2.37. The summed E-state index contributed by atoms with van der Waals surface area (Å²) in [6, 6.07) is 2.22. The van der Waals surface area contributed by atoms with Crippen LogP contribution in [0.4, 0.5) is 0 Å². The lowest BCUT2D eigenvalue weighted by Gasteiger charge is -2.20. The van der Waals surface area contributed by atoms with Gasteiger partial charge < -0.3 is 0 Å². The predicted molar refractivity (Wildman–Crippen MR) is 62.9 cm³/mol. The molecule has 0 amide bonds. The fourth-order valence-corrected chi connectivity index (χ4v) is 3.36. The molecular formula is C10H11N3S2. The summed E-state index contributed by atoms with van der Waals surface area (Å²) in [7, 11) is 0. The van der Waals surface area contributed by atoms with Crippen LogP contribution in [-0.4, -0.2) is 15.2 Å². The molecule has 1 aliphatic carbocycles. The largest absolute Gasteiger partial charge is 0.285 e. The van der Waals surface area contributed by atoms with E-state index in [-0.39, 0.29) is 0 Å². The molecule has 0 radical (unpaired) electrons. The number of aryl methyl sites for hydroxylation is 1. The minimum atomic E-state index is 0.410. The van der Waals surface area contributed by atoms with Gasteiger partial charge in [-0.1, -0.05) is 0 Å². The smallest absolute Gasteiger partial charge is 0.213 e. The summed E-state index contributed by atoms with van der Waals surface area (Å²) in [5.74, 6) is 1.40. The summed E-state index contributed by atoms with van der Waals surface area (Å²) in [5.41, 5.74) is 1.43.